The number of piperidine rings is 1. The quantitative estimate of drug-likeness (QED) is 0.745. The van der Waals surface area contributed by atoms with Crippen LogP contribution in [-0.4, -0.2) is 53.6 Å². The van der Waals surface area contributed by atoms with Crippen LogP contribution in [0.15, 0.2) is 60.2 Å². The molecule has 162 valence electrons. The van der Waals surface area contributed by atoms with Crippen molar-refractivity contribution in [2.24, 2.45) is 0 Å². The Bertz CT molecular complexity index is 966. The molecular formula is C26H29NO4. The minimum atomic E-state index is -0.891. The number of allylic oxidation sites excluding steroid dienone is 1. The topological polar surface area (TPSA) is 59.0 Å². The molecule has 2 bridgehead atoms. The zero-order valence-electron chi connectivity index (χ0n) is 18.1. The summed E-state index contributed by atoms with van der Waals surface area (Å²) < 4.78 is 11.6. The van der Waals surface area contributed by atoms with Crippen LogP contribution in [0.1, 0.15) is 43.7 Å². The number of nitrogens with zero attached hydrogens (tertiary/aromatic N) is 1. The van der Waals surface area contributed by atoms with Crippen molar-refractivity contribution in [1.82, 2.24) is 4.90 Å². The highest BCUT2D eigenvalue weighted by Crippen LogP contribution is 2.45. The van der Waals surface area contributed by atoms with Crippen molar-refractivity contribution in [3.63, 3.8) is 0 Å². The predicted octanol–water partition coefficient (Wildman–Crippen LogP) is 4.50. The number of aliphatic hydroxyl groups is 1. The van der Waals surface area contributed by atoms with Gasteiger partial charge in [0.15, 0.2) is 0 Å². The molecule has 5 nitrogen and oxygen atoms in total. The van der Waals surface area contributed by atoms with E-state index in [1.165, 1.54) is 22.3 Å². The number of morpholine rings is 1. The van der Waals surface area contributed by atoms with Gasteiger partial charge in [-0.15, -0.1) is 0 Å². The molecule has 5 heteroatoms. The molecule has 31 heavy (non-hydrogen) atoms. The van der Waals surface area contributed by atoms with Gasteiger partial charge in [0.25, 0.3) is 0 Å². The van der Waals surface area contributed by atoms with Crippen LogP contribution in [0.2, 0.25) is 0 Å². The van der Waals surface area contributed by atoms with Gasteiger partial charge in [-0.2, -0.15) is 0 Å². The first kappa shape index (κ1) is 20.3. The van der Waals surface area contributed by atoms with E-state index in [0.29, 0.717) is 32.7 Å². The Morgan fingerprint density at radius 2 is 1.61 bits per heavy atom. The van der Waals surface area contributed by atoms with E-state index in [2.05, 4.69) is 24.3 Å². The fourth-order valence-electron chi connectivity index (χ4n) is 5.63. The SMILES string of the molecule is CC(C)=CC1(O)CC2COCC(C1)N2C(=O)OCC1c2ccccc2-c2ccccc21. The summed E-state index contributed by atoms with van der Waals surface area (Å²) in [5.74, 6) is 0.0415. The van der Waals surface area contributed by atoms with E-state index in [9.17, 15) is 9.90 Å². The van der Waals surface area contributed by atoms with Crippen molar-refractivity contribution < 1.29 is 19.4 Å². The van der Waals surface area contributed by atoms with Gasteiger partial charge >= 0.3 is 6.09 Å². The first-order valence-corrected chi connectivity index (χ1v) is 11.0. The number of hydrogen-bond donors (Lipinski definition) is 1. The summed E-state index contributed by atoms with van der Waals surface area (Å²) in [6.45, 7) is 5.14. The van der Waals surface area contributed by atoms with E-state index in [-0.39, 0.29) is 24.1 Å². The highest BCUT2D eigenvalue weighted by molar-refractivity contribution is 5.79. The van der Waals surface area contributed by atoms with Crippen LogP contribution in [0, 0.1) is 0 Å². The van der Waals surface area contributed by atoms with Crippen LogP contribution < -0.4 is 0 Å². The first-order chi connectivity index (χ1) is 15.0. The summed E-state index contributed by atoms with van der Waals surface area (Å²) in [6, 6.07) is 16.3. The molecule has 5 rings (SSSR count). The molecule has 1 N–H and O–H groups in total. The molecule has 2 unspecified atom stereocenters. The van der Waals surface area contributed by atoms with E-state index in [1.54, 1.807) is 0 Å². The lowest BCUT2D eigenvalue weighted by atomic mass is 9.80. The van der Waals surface area contributed by atoms with Gasteiger partial charge in [0.05, 0.1) is 30.9 Å². The molecule has 0 radical (unpaired) electrons. The summed E-state index contributed by atoms with van der Waals surface area (Å²) in [6.07, 6.45) is 2.56. The monoisotopic (exact) mass is 419 g/mol. The number of carbonyl (C=O) groups excluding carboxylic acids is 1. The molecule has 2 heterocycles. The second-order valence-electron chi connectivity index (χ2n) is 9.29. The van der Waals surface area contributed by atoms with Crippen LogP contribution in [0.4, 0.5) is 4.79 Å². The Labute approximate surface area is 183 Å². The van der Waals surface area contributed by atoms with Gasteiger partial charge in [-0.3, -0.25) is 4.90 Å². The smallest absolute Gasteiger partial charge is 0.410 e. The Morgan fingerprint density at radius 3 is 2.16 bits per heavy atom. The highest BCUT2D eigenvalue weighted by atomic mass is 16.6. The van der Waals surface area contributed by atoms with E-state index >= 15 is 0 Å². The Morgan fingerprint density at radius 1 is 1.06 bits per heavy atom. The zero-order chi connectivity index (χ0) is 21.6. The van der Waals surface area contributed by atoms with Crippen molar-refractivity contribution in [2.45, 2.75) is 50.3 Å². The van der Waals surface area contributed by atoms with Crippen LogP contribution in [0.5, 0.6) is 0 Å². The van der Waals surface area contributed by atoms with Crippen LogP contribution in [-0.2, 0) is 9.47 Å². The Balaban J connectivity index is 1.33. The number of fused-ring (bicyclic) bond motifs is 5. The molecule has 2 aromatic carbocycles. The summed E-state index contributed by atoms with van der Waals surface area (Å²) in [5.41, 5.74) is 5.03. The second-order valence-corrected chi connectivity index (χ2v) is 9.29. The van der Waals surface area contributed by atoms with Gasteiger partial charge in [-0.1, -0.05) is 60.2 Å². The number of amides is 1. The molecule has 2 atom stereocenters. The van der Waals surface area contributed by atoms with Crippen LogP contribution in [0.25, 0.3) is 11.1 Å². The maximum Gasteiger partial charge on any atom is 0.410 e. The van der Waals surface area contributed by atoms with E-state index in [1.807, 2.05) is 49.1 Å². The fourth-order valence-corrected chi connectivity index (χ4v) is 5.63. The molecule has 1 amide bonds. The third-order valence-corrected chi connectivity index (χ3v) is 6.69. The van der Waals surface area contributed by atoms with Gasteiger partial charge in [-0.25, -0.2) is 4.79 Å². The molecule has 0 aromatic heterocycles. The summed E-state index contributed by atoms with van der Waals surface area (Å²) in [4.78, 5) is 15.0. The minimum absolute atomic E-state index is 0.0415. The molecule has 2 fully saturated rings. The molecule has 3 aliphatic rings. The third kappa shape index (κ3) is 3.66. The molecule has 0 spiro atoms. The van der Waals surface area contributed by atoms with Gasteiger partial charge < -0.3 is 14.6 Å². The van der Waals surface area contributed by atoms with Crippen molar-refractivity contribution in [1.29, 1.82) is 0 Å². The van der Waals surface area contributed by atoms with E-state index in [4.69, 9.17) is 9.47 Å². The number of ether oxygens (including phenoxy) is 2. The fraction of sp³-hybridized carbons (Fsp3) is 0.423. The molecule has 2 aromatic rings. The molecule has 1 aliphatic carbocycles. The number of hydrogen-bond acceptors (Lipinski definition) is 4. The molecule has 2 aliphatic heterocycles. The molecule has 0 saturated carbocycles. The standard InChI is InChI=1S/C26H29NO4/c1-17(2)11-26(29)12-18-14-30-15-19(13-26)27(18)25(28)31-16-24-22-9-5-3-7-20(22)21-8-4-6-10-23(21)24/h3-11,18-19,24,29H,12-16H2,1-2H3. The number of rotatable bonds is 3. The van der Waals surface area contributed by atoms with E-state index < -0.39 is 5.60 Å². The van der Waals surface area contributed by atoms with Crippen molar-refractivity contribution in [2.75, 3.05) is 19.8 Å². The second kappa shape index (κ2) is 7.81. The van der Waals surface area contributed by atoms with E-state index in [0.717, 1.165) is 5.57 Å². The summed E-state index contributed by atoms with van der Waals surface area (Å²) in [7, 11) is 0. The zero-order valence-corrected chi connectivity index (χ0v) is 18.1. The molecular weight excluding hydrogens is 390 g/mol. The minimum Gasteiger partial charge on any atom is -0.448 e. The predicted molar refractivity (Wildman–Crippen MR) is 119 cm³/mol. The van der Waals surface area contributed by atoms with Gasteiger partial charge in [0.1, 0.15) is 6.61 Å². The van der Waals surface area contributed by atoms with Gasteiger partial charge in [0, 0.05) is 18.8 Å². The lowest BCUT2D eigenvalue weighted by molar-refractivity contribution is -0.116. The first-order valence-electron chi connectivity index (χ1n) is 11.0. The Hall–Kier alpha value is -2.63. The largest absolute Gasteiger partial charge is 0.448 e. The number of benzene rings is 2. The van der Waals surface area contributed by atoms with Gasteiger partial charge in [0.2, 0.25) is 0 Å². The highest BCUT2D eigenvalue weighted by Gasteiger charge is 2.48. The average Bonchev–Trinajstić information content (AvgIpc) is 3.04. The lowest BCUT2D eigenvalue weighted by Crippen LogP contribution is -2.63. The normalized spacial score (nSPS) is 26.7. The van der Waals surface area contributed by atoms with Crippen molar-refractivity contribution in [3.8, 4) is 11.1 Å². The molecule has 2 saturated heterocycles. The lowest BCUT2D eigenvalue weighted by Gasteiger charge is -2.50. The third-order valence-electron chi connectivity index (χ3n) is 6.69. The summed E-state index contributed by atoms with van der Waals surface area (Å²) in [5, 5.41) is 11.1. The number of carbonyl (C=O) groups is 1. The Kier molecular flexibility index (Phi) is 5.11. The maximum atomic E-state index is 13.2. The maximum absolute atomic E-state index is 13.2. The van der Waals surface area contributed by atoms with Crippen molar-refractivity contribution >= 4 is 6.09 Å². The van der Waals surface area contributed by atoms with Crippen LogP contribution >= 0.6 is 0 Å². The van der Waals surface area contributed by atoms with Crippen LogP contribution in [0.3, 0.4) is 0 Å². The summed E-state index contributed by atoms with van der Waals surface area (Å²) >= 11 is 0. The average molecular weight is 420 g/mol. The van der Waals surface area contributed by atoms with Crippen molar-refractivity contribution in [3.05, 3.63) is 71.3 Å². The van der Waals surface area contributed by atoms with Gasteiger partial charge in [-0.05, 0) is 36.1 Å².